The largest absolute Gasteiger partial charge is 0.353 e. The summed E-state index contributed by atoms with van der Waals surface area (Å²) in [7, 11) is 0. The van der Waals surface area contributed by atoms with Crippen LogP contribution in [0.15, 0.2) is 12.2 Å². The molecule has 4 rings (SSSR count). The maximum atomic E-state index is 11.2. The number of aldehydes is 1. The Bertz CT molecular complexity index is 608. The highest BCUT2D eigenvalue weighted by molar-refractivity contribution is 5.49. The van der Waals surface area contributed by atoms with Crippen LogP contribution in [-0.2, 0) is 23.7 Å². The van der Waals surface area contributed by atoms with Gasteiger partial charge in [0, 0.05) is 30.8 Å². The lowest BCUT2D eigenvalue weighted by molar-refractivity contribution is -0.316. The van der Waals surface area contributed by atoms with E-state index in [-0.39, 0.29) is 23.7 Å². The monoisotopic (exact) mass is 448 g/mol. The van der Waals surface area contributed by atoms with Crippen LogP contribution in [0.5, 0.6) is 0 Å². The van der Waals surface area contributed by atoms with Crippen molar-refractivity contribution in [1.29, 1.82) is 0 Å². The van der Waals surface area contributed by atoms with Crippen LogP contribution in [0, 0.1) is 23.2 Å². The molecule has 0 bridgehead atoms. The summed E-state index contributed by atoms with van der Waals surface area (Å²) in [6, 6.07) is 0. The Morgan fingerprint density at radius 3 is 2.44 bits per heavy atom. The van der Waals surface area contributed by atoms with Crippen molar-refractivity contribution in [3.05, 3.63) is 12.2 Å². The van der Waals surface area contributed by atoms with Gasteiger partial charge in [-0.05, 0) is 56.8 Å². The van der Waals surface area contributed by atoms with Crippen molar-refractivity contribution in [1.82, 2.24) is 0 Å². The first kappa shape index (κ1) is 24.4. The van der Waals surface area contributed by atoms with E-state index in [0.29, 0.717) is 31.5 Å². The molecule has 4 aliphatic rings. The highest BCUT2D eigenvalue weighted by Crippen LogP contribution is 2.50. The van der Waals surface area contributed by atoms with Gasteiger partial charge in [-0.15, -0.1) is 0 Å². The number of carbonyl (C=O) groups is 1. The van der Waals surface area contributed by atoms with Gasteiger partial charge >= 0.3 is 0 Å². The van der Waals surface area contributed by atoms with Crippen LogP contribution in [0.25, 0.3) is 0 Å². The van der Waals surface area contributed by atoms with E-state index in [2.05, 4.69) is 26.0 Å². The fourth-order valence-electron chi connectivity index (χ4n) is 6.09. The normalized spacial score (nSPS) is 34.1. The molecule has 182 valence electrons. The van der Waals surface area contributed by atoms with E-state index < -0.39 is 5.79 Å². The molecule has 2 aliphatic carbocycles. The molecule has 2 saturated carbocycles. The zero-order chi connectivity index (χ0) is 22.4. The van der Waals surface area contributed by atoms with Crippen LogP contribution >= 0.6 is 0 Å². The number of allylic oxidation sites excluding steroid dienone is 1. The molecule has 4 atom stereocenters. The van der Waals surface area contributed by atoms with E-state index >= 15 is 0 Å². The number of ether oxygens (including phenoxy) is 4. The van der Waals surface area contributed by atoms with Gasteiger partial charge in [-0.2, -0.15) is 0 Å². The molecule has 5 nitrogen and oxygen atoms in total. The zero-order valence-electron chi connectivity index (χ0n) is 20.3. The van der Waals surface area contributed by atoms with Crippen molar-refractivity contribution in [3.8, 4) is 0 Å². The minimum Gasteiger partial charge on any atom is -0.353 e. The molecule has 3 unspecified atom stereocenters. The molecule has 1 spiro atoms. The summed E-state index contributed by atoms with van der Waals surface area (Å²) < 4.78 is 25.3. The second-order valence-corrected chi connectivity index (χ2v) is 11.3. The topological polar surface area (TPSA) is 54.0 Å². The van der Waals surface area contributed by atoms with Crippen molar-refractivity contribution < 1.29 is 23.7 Å². The first-order valence-electron chi connectivity index (χ1n) is 13.2. The van der Waals surface area contributed by atoms with Gasteiger partial charge in [0.15, 0.2) is 12.1 Å². The van der Waals surface area contributed by atoms with E-state index in [1.807, 2.05) is 0 Å². The van der Waals surface area contributed by atoms with Gasteiger partial charge in [0.05, 0.1) is 19.3 Å². The lowest BCUT2D eigenvalue weighted by Crippen LogP contribution is -2.50. The molecule has 2 saturated heterocycles. The fourth-order valence-corrected chi connectivity index (χ4v) is 6.09. The number of hydrogen-bond donors (Lipinski definition) is 0. The lowest BCUT2D eigenvalue weighted by atomic mass is 9.83. The third-order valence-corrected chi connectivity index (χ3v) is 8.03. The fraction of sp³-hybridized carbons (Fsp3) is 0.889. The highest BCUT2D eigenvalue weighted by Gasteiger charge is 2.52. The van der Waals surface area contributed by atoms with Gasteiger partial charge in [-0.1, -0.05) is 45.3 Å². The average Bonchev–Trinajstić information content (AvgIpc) is 3.15. The van der Waals surface area contributed by atoms with E-state index in [4.69, 9.17) is 18.9 Å². The zero-order valence-corrected chi connectivity index (χ0v) is 20.3. The standard InChI is InChI=1S/C27H44O5/c1-26(2)19-30-27(31-20-26)16-15-21(23(27)11-8-17-28)13-14-24(22-9-4-3-5-10-22)32-25-12-6-7-18-29-25/h13-14,17,21-25H,3-12,15-16,18-20H2,1-2H3/t21-,23?,24?,25?/m1/s1. The summed E-state index contributed by atoms with van der Waals surface area (Å²) in [5.74, 6) is 0.634. The third-order valence-electron chi connectivity index (χ3n) is 8.03. The molecule has 32 heavy (non-hydrogen) atoms. The summed E-state index contributed by atoms with van der Waals surface area (Å²) in [4.78, 5) is 11.2. The number of rotatable bonds is 8. The van der Waals surface area contributed by atoms with Gasteiger partial charge in [0.25, 0.3) is 0 Å². The van der Waals surface area contributed by atoms with Gasteiger partial charge in [-0.3, -0.25) is 0 Å². The molecular formula is C27H44O5. The van der Waals surface area contributed by atoms with E-state index in [1.54, 1.807) is 0 Å². The second-order valence-electron chi connectivity index (χ2n) is 11.3. The summed E-state index contributed by atoms with van der Waals surface area (Å²) in [5.41, 5.74) is 0.0499. The molecule has 5 heteroatoms. The molecule has 0 amide bonds. The van der Waals surface area contributed by atoms with Gasteiger partial charge in [0.1, 0.15) is 6.29 Å². The van der Waals surface area contributed by atoms with E-state index in [9.17, 15) is 4.79 Å². The molecule has 0 aromatic rings. The summed E-state index contributed by atoms with van der Waals surface area (Å²) in [6.45, 7) is 6.62. The van der Waals surface area contributed by atoms with Crippen molar-refractivity contribution in [2.24, 2.45) is 23.2 Å². The van der Waals surface area contributed by atoms with E-state index in [1.165, 1.54) is 38.5 Å². The van der Waals surface area contributed by atoms with Crippen LogP contribution in [0.4, 0.5) is 0 Å². The predicted octanol–water partition coefficient (Wildman–Crippen LogP) is 5.81. The molecule has 0 aromatic heterocycles. The first-order chi connectivity index (χ1) is 15.5. The van der Waals surface area contributed by atoms with Crippen molar-refractivity contribution in [3.63, 3.8) is 0 Å². The average molecular weight is 449 g/mol. The Hall–Kier alpha value is -0.750. The molecule has 0 aromatic carbocycles. The highest BCUT2D eigenvalue weighted by atomic mass is 16.7. The number of hydrogen-bond acceptors (Lipinski definition) is 5. The van der Waals surface area contributed by atoms with Crippen LogP contribution in [0.3, 0.4) is 0 Å². The van der Waals surface area contributed by atoms with Crippen LogP contribution in [-0.4, -0.2) is 44.3 Å². The van der Waals surface area contributed by atoms with Crippen molar-refractivity contribution in [2.45, 2.75) is 109 Å². The summed E-state index contributed by atoms with van der Waals surface area (Å²) in [5, 5.41) is 0. The summed E-state index contributed by atoms with van der Waals surface area (Å²) in [6.07, 6.45) is 18.9. The molecule has 0 radical (unpaired) electrons. The Morgan fingerprint density at radius 2 is 1.75 bits per heavy atom. The van der Waals surface area contributed by atoms with Crippen molar-refractivity contribution >= 4 is 6.29 Å². The first-order valence-corrected chi connectivity index (χ1v) is 13.2. The molecule has 4 fully saturated rings. The summed E-state index contributed by atoms with van der Waals surface area (Å²) >= 11 is 0. The Balaban J connectivity index is 1.46. The van der Waals surface area contributed by atoms with Gasteiger partial charge in [0.2, 0.25) is 0 Å². The lowest BCUT2D eigenvalue weighted by Gasteiger charge is -2.45. The maximum Gasteiger partial charge on any atom is 0.171 e. The Kier molecular flexibility index (Phi) is 8.47. The SMILES string of the molecule is CC1(C)COC2(CC[C@@H](C=CC(OC3CCCCO3)C3CCCCC3)C2CCC=O)OC1. The Morgan fingerprint density at radius 1 is 1.00 bits per heavy atom. The second kappa shape index (κ2) is 11.1. The molecule has 2 heterocycles. The predicted molar refractivity (Wildman–Crippen MR) is 124 cm³/mol. The van der Waals surface area contributed by atoms with Crippen LogP contribution in [0.1, 0.15) is 90.9 Å². The third kappa shape index (κ3) is 6.02. The van der Waals surface area contributed by atoms with E-state index in [0.717, 1.165) is 45.0 Å². The maximum absolute atomic E-state index is 11.2. The van der Waals surface area contributed by atoms with Crippen molar-refractivity contribution in [2.75, 3.05) is 19.8 Å². The smallest absolute Gasteiger partial charge is 0.171 e. The Labute approximate surface area is 194 Å². The minimum absolute atomic E-state index is 0.0499. The number of carbonyl (C=O) groups excluding carboxylic acids is 1. The quantitative estimate of drug-likeness (QED) is 0.346. The van der Waals surface area contributed by atoms with Crippen LogP contribution in [0.2, 0.25) is 0 Å². The van der Waals surface area contributed by atoms with Gasteiger partial charge in [-0.25, -0.2) is 0 Å². The molecular weight excluding hydrogens is 404 g/mol. The minimum atomic E-state index is -0.527. The van der Waals surface area contributed by atoms with Crippen LogP contribution < -0.4 is 0 Å². The molecule has 2 aliphatic heterocycles. The van der Waals surface area contributed by atoms with Gasteiger partial charge < -0.3 is 23.7 Å². The molecule has 0 N–H and O–H groups in total.